The van der Waals surface area contributed by atoms with E-state index in [0.717, 1.165) is 0 Å². The van der Waals surface area contributed by atoms with Crippen molar-refractivity contribution in [2.45, 2.75) is 65.4 Å². The zero-order valence-corrected chi connectivity index (χ0v) is 13.1. The largest absolute Gasteiger partial charge is 0.481 e. The summed E-state index contributed by atoms with van der Waals surface area (Å²) in [6.07, 6.45) is 2.84. The first kappa shape index (κ1) is 19.1. The third-order valence-corrected chi connectivity index (χ3v) is 3.28. The Labute approximate surface area is 122 Å². The fourth-order valence-electron chi connectivity index (χ4n) is 2.07. The number of aliphatic hydroxyl groups is 1. The van der Waals surface area contributed by atoms with Gasteiger partial charge >= 0.3 is 5.97 Å². The summed E-state index contributed by atoms with van der Waals surface area (Å²) in [7, 11) is 0. The Balaban J connectivity index is 4.19. The lowest BCUT2D eigenvalue weighted by Gasteiger charge is -2.28. The Morgan fingerprint density at radius 2 is 2.05 bits per heavy atom. The van der Waals surface area contributed by atoms with Crippen LogP contribution in [-0.4, -0.2) is 34.7 Å². The van der Waals surface area contributed by atoms with Gasteiger partial charge in [0.25, 0.3) is 0 Å². The second-order valence-electron chi connectivity index (χ2n) is 6.07. The van der Waals surface area contributed by atoms with Gasteiger partial charge in [0.2, 0.25) is 6.41 Å². The van der Waals surface area contributed by atoms with Gasteiger partial charge in [-0.05, 0) is 53.0 Å². The van der Waals surface area contributed by atoms with Crippen molar-refractivity contribution in [2.75, 3.05) is 6.54 Å². The topological polar surface area (TPSA) is 78.8 Å². The van der Waals surface area contributed by atoms with Crippen LogP contribution in [0.4, 0.5) is 0 Å². The normalized spacial score (nSPS) is 16.4. The zero-order chi connectivity index (χ0) is 15.8. The van der Waals surface area contributed by atoms with Crippen molar-refractivity contribution in [3.8, 4) is 0 Å². The van der Waals surface area contributed by atoms with Crippen molar-refractivity contribution in [3.05, 3.63) is 12.7 Å². The molecule has 2 unspecified atom stereocenters. The molecule has 2 atom stereocenters. The molecule has 3 N–H and O–H groups in total. The maximum absolute atomic E-state index is 11.4. The summed E-state index contributed by atoms with van der Waals surface area (Å²) in [5.74, 6) is -0.786. The van der Waals surface area contributed by atoms with Gasteiger partial charge in [-0.25, -0.2) is 0 Å². The third-order valence-electron chi connectivity index (χ3n) is 3.28. The van der Waals surface area contributed by atoms with E-state index in [2.05, 4.69) is 11.9 Å². The van der Waals surface area contributed by atoms with Crippen LogP contribution in [-0.2, 0) is 9.53 Å². The number of aliphatic carboxylic acids is 1. The van der Waals surface area contributed by atoms with Crippen molar-refractivity contribution < 1.29 is 19.7 Å². The Morgan fingerprint density at radius 3 is 2.45 bits per heavy atom. The summed E-state index contributed by atoms with van der Waals surface area (Å²) in [5, 5.41) is 21.8. The van der Waals surface area contributed by atoms with E-state index in [1.165, 1.54) is 0 Å². The summed E-state index contributed by atoms with van der Waals surface area (Å²) >= 11 is 0. The molecule has 0 spiro atoms. The molecule has 0 aromatic carbocycles. The molecule has 0 bridgehead atoms. The van der Waals surface area contributed by atoms with Gasteiger partial charge in [-0.1, -0.05) is 13.0 Å². The fourth-order valence-corrected chi connectivity index (χ4v) is 2.07. The van der Waals surface area contributed by atoms with E-state index in [4.69, 9.17) is 4.74 Å². The molecule has 0 saturated heterocycles. The van der Waals surface area contributed by atoms with Crippen LogP contribution in [0.15, 0.2) is 12.7 Å². The van der Waals surface area contributed by atoms with Crippen LogP contribution in [0.3, 0.4) is 0 Å². The van der Waals surface area contributed by atoms with Crippen molar-refractivity contribution in [3.63, 3.8) is 0 Å². The van der Waals surface area contributed by atoms with Gasteiger partial charge in [0, 0.05) is 0 Å². The summed E-state index contributed by atoms with van der Waals surface area (Å²) in [6.45, 7) is 11.6. The van der Waals surface area contributed by atoms with E-state index >= 15 is 0 Å². The Bertz CT molecular complexity index is 311. The molecule has 0 amide bonds. The maximum atomic E-state index is 11.4. The standard InChI is InChI=1S/C15H29NO4/c1-6-9-15(7-2,12(17)18)10-8-11-16-13(19)20-14(3,4)5/h6,13,16,19H,1,7-11H2,2-5H3,(H,17,18). The van der Waals surface area contributed by atoms with E-state index in [1.807, 2.05) is 27.7 Å². The van der Waals surface area contributed by atoms with Crippen LogP contribution in [0.5, 0.6) is 0 Å². The molecule has 0 radical (unpaired) electrons. The SMILES string of the molecule is C=CCC(CC)(CCCNC(O)OC(C)(C)C)C(=O)O. The van der Waals surface area contributed by atoms with Gasteiger partial charge in [-0.3, -0.25) is 10.1 Å². The highest BCUT2D eigenvalue weighted by Crippen LogP contribution is 2.32. The minimum Gasteiger partial charge on any atom is -0.481 e. The molecule has 0 aromatic rings. The van der Waals surface area contributed by atoms with Crippen molar-refractivity contribution in [1.29, 1.82) is 0 Å². The number of aliphatic hydroxyl groups excluding tert-OH is 1. The lowest BCUT2D eigenvalue weighted by Crippen LogP contribution is -2.39. The maximum Gasteiger partial charge on any atom is 0.309 e. The molecule has 5 heteroatoms. The molecule has 0 fully saturated rings. The number of ether oxygens (including phenoxy) is 1. The Hall–Kier alpha value is -0.910. The quantitative estimate of drug-likeness (QED) is 0.327. The highest BCUT2D eigenvalue weighted by atomic mass is 16.6. The number of carboxylic acids is 1. The summed E-state index contributed by atoms with van der Waals surface area (Å²) in [5.41, 5.74) is -1.18. The Morgan fingerprint density at radius 1 is 1.45 bits per heavy atom. The van der Waals surface area contributed by atoms with Gasteiger partial charge < -0.3 is 14.9 Å². The van der Waals surface area contributed by atoms with Gasteiger partial charge in [0.15, 0.2) is 0 Å². The molecule has 0 heterocycles. The monoisotopic (exact) mass is 287 g/mol. The number of allylic oxidation sites excluding steroid dienone is 1. The van der Waals surface area contributed by atoms with Gasteiger partial charge in [-0.2, -0.15) is 0 Å². The molecular weight excluding hydrogens is 258 g/mol. The fraction of sp³-hybridized carbons (Fsp3) is 0.800. The number of carboxylic acid groups (broad SMARTS) is 1. The first-order chi connectivity index (χ1) is 9.17. The van der Waals surface area contributed by atoms with E-state index < -0.39 is 23.4 Å². The molecule has 0 rings (SSSR count). The predicted molar refractivity (Wildman–Crippen MR) is 79.3 cm³/mol. The summed E-state index contributed by atoms with van der Waals surface area (Å²) < 4.78 is 5.30. The molecule has 0 aliphatic rings. The number of carbonyl (C=O) groups is 1. The lowest BCUT2D eigenvalue weighted by atomic mass is 9.78. The molecule has 0 saturated carbocycles. The molecular formula is C15H29NO4. The van der Waals surface area contributed by atoms with Crippen molar-refractivity contribution >= 4 is 5.97 Å². The molecule has 0 aliphatic carbocycles. The van der Waals surface area contributed by atoms with Crippen molar-refractivity contribution in [1.82, 2.24) is 5.32 Å². The minimum atomic E-state index is -1.03. The zero-order valence-electron chi connectivity index (χ0n) is 13.1. The van der Waals surface area contributed by atoms with Crippen molar-refractivity contribution in [2.24, 2.45) is 5.41 Å². The Kier molecular flexibility index (Phi) is 8.01. The average Bonchev–Trinajstić information content (AvgIpc) is 2.30. The summed E-state index contributed by atoms with van der Waals surface area (Å²) in [6, 6.07) is 0. The molecule has 5 nitrogen and oxygen atoms in total. The van der Waals surface area contributed by atoms with Gasteiger partial charge in [-0.15, -0.1) is 6.58 Å². The van der Waals surface area contributed by atoms with E-state index in [-0.39, 0.29) is 0 Å². The molecule has 118 valence electrons. The highest BCUT2D eigenvalue weighted by Gasteiger charge is 2.34. The summed E-state index contributed by atoms with van der Waals surface area (Å²) in [4.78, 5) is 11.4. The molecule has 0 aliphatic heterocycles. The van der Waals surface area contributed by atoms with Crippen LogP contribution in [0, 0.1) is 5.41 Å². The smallest absolute Gasteiger partial charge is 0.309 e. The van der Waals surface area contributed by atoms with E-state index in [1.54, 1.807) is 6.08 Å². The third kappa shape index (κ3) is 7.03. The van der Waals surface area contributed by atoms with Crippen LogP contribution < -0.4 is 5.32 Å². The van der Waals surface area contributed by atoms with Crippen LogP contribution in [0.25, 0.3) is 0 Å². The second-order valence-corrected chi connectivity index (χ2v) is 6.07. The van der Waals surface area contributed by atoms with Crippen LogP contribution in [0.1, 0.15) is 53.4 Å². The van der Waals surface area contributed by atoms with Crippen LogP contribution >= 0.6 is 0 Å². The number of hydrogen-bond acceptors (Lipinski definition) is 4. The molecule has 20 heavy (non-hydrogen) atoms. The van der Waals surface area contributed by atoms with E-state index in [0.29, 0.717) is 32.2 Å². The first-order valence-corrected chi connectivity index (χ1v) is 7.10. The van der Waals surface area contributed by atoms with E-state index in [9.17, 15) is 15.0 Å². The second kappa shape index (κ2) is 8.39. The van der Waals surface area contributed by atoms with Gasteiger partial charge in [0.05, 0.1) is 11.0 Å². The first-order valence-electron chi connectivity index (χ1n) is 7.10. The average molecular weight is 287 g/mol. The molecule has 0 aromatic heterocycles. The number of nitrogens with one attached hydrogen (secondary N) is 1. The number of rotatable bonds is 10. The minimum absolute atomic E-state index is 0.427. The van der Waals surface area contributed by atoms with Crippen LogP contribution in [0.2, 0.25) is 0 Å². The highest BCUT2D eigenvalue weighted by molar-refractivity contribution is 5.74. The van der Waals surface area contributed by atoms with Gasteiger partial charge in [0.1, 0.15) is 0 Å². The lowest BCUT2D eigenvalue weighted by molar-refractivity contribution is -0.181. The predicted octanol–water partition coefficient (Wildman–Crippen LogP) is 2.50. The number of hydrogen-bond donors (Lipinski definition) is 3.